The molecule has 0 heterocycles. The number of rotatable bonds is 10. The molecule has 0 unspecified atom stereocenters. The van der Waals surface area contributed by atoms with E-state index in [1.807, 2.05) is 18.2 Å². The molecule has 3 aliphatic rings. The van der Waals surface area contributed by atoms with Crippen LogP contribution >= 0.6 is 0 Å². The quantitative estimate of drug-likeness (QED) is 0.191. The van der Waals surface area contributed by atoms with E-state index in [4.69, 9.17) is 5.73 Å². The molecule has 38 heavy (non-hydrogen) atoms. The van der Waals surface area contributed by atoms with Crippen molar-refractivity contribution in [2.75, 3.05) is 0 Å². The van der Waals surface area contributed by atoms with Crippen LogP contribution in [0, 0.1) is 23.7 Å². The van der Waals surface area contributed by atoms with E-state index in [0.29, 0.717) is 24.5 Å². The average Bonchev–Trinajstić information content (AvgIpc) is 3.87. The smallest absolute Gasteiger partial charge is 0.162 e. The lowest BCUT2D eigenvalue weighted by Gasteiger charge is -2.08. The van der Waals surface area contributed by atoms with E-state index in [1.165, 1.54) is 43.2 Å². The van der Waals surface area contributed by atoms with Crippen LogP contribution in [0.4, 0.5) is 0 Å². The lowest BCUT2D eigenvalue weighted by molar-refractivity contribution is -0.116. The number of Topliss-reactive ketones (excluding diaryl/α,β-unsaturated/α-hetero) is 1. The van der Waals surface area contributed by atoms with E-state index in [1.54, 1.807) is 6.20 Å². The second-order valence-corrected chi connectivity index (χ2v) is 10.3. The highest BCUT2D eigenvalue weighted by Crippen LogP contribution is 2.43. The minimum atomic E-state index is 0. The Labute approximate surface area is 235 Å². The molecule has 0 aliphatic heterocycles. The molecule has 0 aromatic heterocycles. The van der Waals surface area contributed by atoms with Crippen molar-refractivity contribution in [3.05, 3.63) is 95.3 Å². The Morgan fingerprint density at radius 1 is 0.974 bits per heavy atom. The summed E-state index contributed by atoms with van der Waals surface area (Å²) >= 11 is 0. The highest BCUT2D eigenvalue weighted by Gasteiger charge is 2.38. The number of carbonyl (C=O) groups excluding carboxylic acids is 1. The molecular weight excluding hydrogens is 462 g/mol. The van der Waals surface area contributed by atoms with Gasteiger partial charge in [0.15, 0.2) is 5.78 Å². The summed E-state index contributed by atoms with van der Waals surface area (Å²) in [5, 5.41) is 0. The zero-order valence-corrected chi connectivity index (χ0v) is 24.1. The van der Waals surface area contributed by atoms with Crippen LogP contribution in [0.5, 0.6) is 0 Å². The molecule has 0 saturated heterocycles. The summed E-state index contributed by atoms with van der Waals surface area (Å²) in [6, 6.07) is 10.2. The van der Waals surface area contributed by atoms with Gasteiger partial charge in [0.2, 0.25) is 0 Å². The zero-order valence-electron chi connectivity index (χ0n) is 24.1. The topological polar surface area (TPSA) is 43.1 Å². The number of carbonyl (C=O) groups is 1. The standard InChI is InChI=1S/C25H29NO.C6H8.C5H12.2H2/c1-2-7-20(17-24(22-12-13-22)25(27)23-14-15-23)16-21(18-26)11-6-10-19-8-4-3-5-9-19;1-2-4-6-5-3-1;1-3-5-4-2;;/h3-5,7-9,17-18,22-23H,2,10,12-16,26H2,1H3;1-4H,5-6H2;3-5H2,1-2H3;2*1H/b20-7+,21-18+,24-17+;;;;. The Balaban J connectivity index is 0.000000983. The molecule has 0 spiro atoms. The first-order chi connectivity index (χ1) is 18.6. The number of unbranched alkanes of at least 4 members (excludes halogenated alkanes) is 2. The van der Waals surface area contributed by atoms with Gasteiger partial charge in [0.05, 0.1) is 0 Å². The lowest BCUT2D eigenvalue weighted by atomic mass is 9.96. The van der Waals surface area contributed by atoms with Crippen LogP contribution in [-0.4, -0.2) is 5.78 Å². The van der Waals surface area contributed by atoms with Crippen molar-refractivity contribution in [2.24, 2.45) is 17.6 Å². The van der Waals surface area contributed by atoms with Crippen LogP contribution in [0.25, 0.3) is 0 Å². The minimum absolute atomic E-state index is 0. The van der Waals surface area contributed by atoms with Gasteiger partial charge >= 0.3 is 0 Å². The molecule has 0 radical (unpaired) electrons. The SMILES string of the molecule is C1=CCCC=C1.CC/C=C(/C=C(/C(=O)C1CC1)C1CC1)C/C(C#CCc1ccccc1)=C/N.CCCCC.[HH].[HH]. The van der Waals surface area contributed by atoms with Gasteiger partial charge in [-0.1, -0.05) is 119 Å². The fraction of sp³-hybridized carbons (Fsp3) is 0.472. The molecule has 4 rings (SSSR count). The predicted octanol–water partition coefficient (Wildman–Crippen LogP) is 9.70. The second-order valence-electron chi connectivity index (χ2n) is 10.3. The third-order valence-electron chi connectivity index (χ3n) is 6.63. The largest absolute Gasteiger partial charge is 0.404 e. The van der Waals surface area contributed by atoms with E-state index in [0.717, 1.165) is 43.3 Å². The van der Waals surface area contributed by atoms with Crippen LogP contribution in [0.2, 0.25) is 0 Å². The Kier molecular flexibility index (Phi) is 15.7. The summed E-state index contributed by atoms with van der Waals surface area (Å²) < 4.78 is 0. The van der Waals surface area contributed by atoms with Gasteiger partial charge in [0.25, 0.3) is 0 Å². The highest BCUT2D eigenvalue weighted by molar-refractivity contribution is 5.99. The maximum atomic E-state index is 12.6. The summed E-state index contributed by atoms with van der Waals surface area (Å²) in [4.78, 5) is 12.6. The van der Waals surface area contributed by atoms with Crippen molar-refractivity contribution in [3.8, 4) is 11.8 Å². The summed E-state index contributed by atoms with van der Waals surface area (Å²) in [6.45, 7) is 6.55. The first kappa shape index (κ1) is 31.2. The van der Waals surface area contributed by atoms with E-state index in [9.17, 15) is 4.79 Å². The van der Waals surface area contributed by atoms with Gasteiger partial charge in [-0.05, 0) is 67.6 Å². The highest BCUT2D eigenvalue weighted by atomic mass is 16.1. The number of benzene rings is 1. The molecule has 2 nitrogen and oxygen atoms in total. The monoisotopic (exact) mass is 515 g/mol. The molecule has 2 saturated carbocycles. The Hall–Kier alpha value is -3.05. The van der Waals surface area contributed by atoms with E-state index >= 15 is 0 Å². The molecule has 1 aromatic rings. The van der Waals surface area contributed by atoms with E-state index < -0.39 is 0 Å². The van der Waals surface area contributed by atoms with Gasteiger partial charge < -0.3 is 5.73 Å². The fourth-order valence-corrected chi connectivity index (χ4v) is 4.13. The van der Waals surface area contributed by atoms with Crippen LogP contribution < -0.4 is 5.73 Å². The molecule has 0 amide bonds. The molecule has 3 aliphatic carbocycles. The molecule has 0 bridgehead atoms. The zero-order chi connectivity index (χ0) is 27.4. The van der Waals surface area contributed by atoms with Gasteiger partial charge in [-0.3, -0.25) is 4.79 Å². The first-order valence-corrected chi connectivity index (χ1v) is 14.8. The number of hydrogen-bond acceptors (Lipinski definition) is 2. The Bertz CT molecular complexity index is 1030. The fourth-order valence-electron chi connectivity index (χ4n) is 4.13. The number of ketones is 1. The maximum absolute atomic E-state index is 12.6. The average molecular weight is 516 g/mol. The van der Waals surface area contributed by atoms with Crippen molar-refractivity contribution in [1.29, 1.82) is 0 Å². The predicted molar refractivity (Wildman–Crippen MR) is 169 cm³/mol. The van der Waals surface area contributed by atoms with Gasteiger partial charge in [-0.2, -0.15) is 0 Å². The van der Waals surface area contributed by atoms with Crippen LogP contribution in [0.3, 0.4) is 0 Å². The first-order valence-electron chi connectivity index (χ1n) is 14.8. The summed E-state index contributed by atoms with van der Waals surface area (Å²) in [7, 11) is 0. The van der Waals surface area contributed by atoms with E-state index in [2.05, 4.69) is 81.2 Å². The minimum Gasteiger partial charge on any atom is -0.404 e. The normalized spacial score (nSPS) is 16.9. The third-order valence-corrected chi connectivity index (χ3v) is 6.63. The van der Waals surface area contributed by atoms with Crippen LogP contribution in [0.15, 0.2) is 89.7 Å². The van der Waals surface area contributed by atoms with Crippen molar-refractivity contribution in [2.45, 2.75) is 97.8 Å². The molecule has 2 N–H and O–H groups in total. The lowest BCUT2D eigenvalue weighted by Crippen LogP contribution is -2.07. The van der Waals surface area contributed by atoms with Gasteiger partial charge in [0.1, 0.15) is 0 Å². The number of hydrogen-bond donors (Lipinski definition) is 1. The second kappa shape index (κ2) is 19.1. The summed E-state index contributed by atoms with van der Waals surface area (Å²) in [5.74, 6) is 7.60. The van der Waals surface area contributed by atoms with Crippen LogP contribution in [0.1, 0.15) is 99.8 Å². The number of allylic oxidation sites excluding steroid dienone is 9. The Morgan fingerprint density at radius 3 is 2.05 bits per heavy atom. The molecule has 1 aromatic carbocycles. The number of nitrogens with two attached hydrogens (primary N) is 1. The third kappa shape index (κ3) is 13.5. The van der Waals surface area contributed by atoms with E-state index in [-0.39, 0.29) is 8.77 Å². The van der Waals surface area contributed by atoms with Gasteiger partial charge in [-0.25, -0.2) is 0 Å². The molecule has 208 valence electrons. The summed E-state index contributed by atoms with van der Waals surface area (Å²) in [6.07, 6.45) is 27.8. The van der Waals surface area contributed by atoms with Crippen molar-refractivity contribution in [3.63, 3.8) is 0 Å². The Morgan fingerprint density at radius 2 is 1.61 bits per heavy atom. The van der Waals surface area contributed by atoms with Gasteiger partial charge in [0, 0.05) is 33.4 Å². The van der Waals surface area contributed by atoms with Crippen LogP contribution in [-0.2, 0) is 11.2 Å². The molecule has 2 heteroatoms. The molecule has 0 atom stereocenters. The van der Waals surface area contributed by atoms with Crippen molar-refractivity contribution in [1.82, 2.24) is 0 Å². The van der Waals surface area contributed by atoms with Crippen molar-refractivity contribution < 1.29 is 7.65 Å². The summed E-state index contributed by atoms with van der Waals surface area (Å²) in [5.41, 5.74) is 10.2. The van der Waals surface area contributed by atoms with Crippen molar-refractivity contribution >= 4 is 5.78 Å². The molecular formula is C36H53NO. The molecule has 2 fully saturated rings. The maximum Gasteiger partial charge on any atom is 0.162 e. The van der Waals surface area contributed by atoms with Gasteiger partial charge in [-0.15, -0.1) is 0 Å².